The molecule has 0 saturated carbocycles. The number of fused-ring (bicyclic) bond motifs is 6. The summed E-state index contributed by atoms with van der Waals surface area (Å²) >= 11 is 5.97. The number of non-ortho nitro benzene ring substituents is 1. The van der Waals surface area contributed by atoms with Gasteiger partial charge in [0, 0.05) is 96.8 Å². The summed E-state index contributed by atoms with van der Waals surface area (Å²) in [5, 5.41) is 71.9. The quantitative estimate of drug-likeness (QED) is 0.0268. The summed E-state index contributed by atoms with van der Waals surface area (Å²) in [6, 6.07) is 34.6. The van der Waals surface area contributed by atoms with E-state index < -0.39 is 41.5 Å². The smallest absolute Gasteiger partial charge is 0.269 e. The SMILES string of the molecule is C#CCC(O)C1C(C)=Cc2c(OC)cccc21.C#CCC(O)C1C(C)=Cc2ccc(C)cc21.C#CCC(O)C1C(C)=Cc2ccc(C)cc21.C#CCC(O)C1C(C)=Cc2ccc(Cl)cc21.C#CCC(O)C1C(C)=Cc2ccc([N+](=O)[O-])cc21.[C-]#[N+]c1ccc2c(c1)C(C(O)CC#C)C(C)=C2. The van der Waals surface area contributed by atoms with Crippen LogP contribution in [0.3, 0.4) is 0 Å². The highest BCUT2D eigenvalue weighted by molar-refractivity contribution is 6.30. The number of nitrogens with zero attached hydrogens (tertiary/aromatic N) is 2. The summed E-state index contributed by atoms with van der Waals surface area (Å²) in [7, 11) is 1.66. The number of aryl methyl sites for hydroxylation is 2. The van der Waals surface area contributed by atoms with Gasteiger partial charge in [0.1, 0.15) is 5.75 Å². The number of aliphatic hydroxyl groups is 6. The molecule has 6 aromatic carbocycles. The molecule has 0 aromatic heterocycles. The van der Waals surface area contributed by atoms with E-state index >= 15 is 0 Å². The molecule has 0 bridgehead atoms. The van der Waals surface area contributed by atoms with Crippen LogP contribution in [0.5, 0.6) is 5.75 Å². The van der Waals surface area contributed by atoms with E-state index in [1.165, 1.54) is 56.7 Å². The van der Waals surface area contributed by atoms with E-state index in [0.29, 0.717) is 42.8 Å². The molecule has 0 amide bonds. The standard InChI is InChI=1S/C15H13NO.C15H16O2.2C15H16O.C14H13ClO.C14H13NO3/c1-4-5-14(17)15-10(2)8-11-6-7-12(16-3)9-13(11)15;1-4-6-13(16)15-10(2)9-12-11(15)7-5-8-14(12)17-3;2*1-4-5-14(16)15-11(3)9-12-7-6-10(2)8-13(12)15;1-3-4-13(16)14-9(2)7-10-5-6-11(15)8-12(10)14;1-3-4-13(16)14-9(2)7-10-5-6-11(15(17)18)8-12(10)14/h1,6-9,14-15,17H,5H2,2H3;1,5,7-9,13,15-16H,6H2,2-3H3;2*1,6-9,14-16H,5H2,2-3H3;1,5-8,13-14,16H,4H2,2H3;1,5-8,13-14,16H,4H2,2H3. The summed E-state index contributed by atoms with van der Waals surface area (Å²) in [6.07, 6.45) is 42.7. The number of halogens is 1. The van der Waals surface area contributed by atoms with Crippen LogP contribution in [0.4, 0.5) is 11.4 Å². The predicted octanol–water partition coefficient (Wildman–Crippen LogP) is 17.2. The molecule has 0 heterocycles. The first-order valence-corrected chi connectivity index (χ1v) is 33.4. The lowest BCUT2D eigenvalue weighted by Crippen LogP contribution is -2.17. The number of hydrogen-bond donors (Lipinski definition) is 6. The van der Waals surface area contributed by atoms with Gasteiger partial charge in [0.05, 0.1) is 55.2 Å². The van der Waals surface area contributed by atoms with Crippen LogP contribution in [0.25, 0.3) is 41.3 Å². The first-order valence-electron chi connectivity index (χ1n) is 33.1. The zero-order valence-corrected chi connectivity index (χ0v) is 58.9. The number of ether oxygens (including phenoxy) is 1. The topological polar surface area (TPSA) is 178 Å². The molecule has 12 heteroatoms. The molecule has 0 radical (unpaired) electrons. The van der Waals surface area contributed by atoms with Crippen molar-refractivity contribution in [2.45, 2.75) is 166 Å². The summed E-state index contributed by atoms with van der Waals surface area (Å²) < 4.78 is 5.33. The molecule has 11 nitrogen and oxygen atoms in total. The Labute approximate surface area is 596 Å². The second kappa shape index (κ2) is 35.6. The number of methoxy groups -OCH3 is 1. The van der Waals surface area contributed by atoms with Crippen LogP contribution in [0.1, 0.15) is 193 Å². The van der Waals surface area contributed by atoms with Gasteiger partial charge >= 0.3 is 0 Å². The molecular weight excluding hydrogens is 1260 g/mol. The van der Waals surface area contributed by atoms with Crippen molar-refractivity contribution in [2.24, 2.45) is 0 Å². The summed E-state index contributed by atoms with van der Waals surface area (Å²) in [6.45, 7) is 23.2. The summed E-state index contributed by atoms with van der Waals surface area (Å²) in [5.74, 6) is 15.7. The lowest BCUT2D eigenvalue weighted by atomic mass is 9.89. The van der Waals surface area contributed by atoms with Crippen molar-refractivity contribution >= 4 is 59.4 Å². The maximum Gasteiger partial charge on any atom is 0.269 e. The van der Waals surface area contributed by atoms with Gasteiger partial charge in [-0.05, 0) is 141 Å². The highest BCUT2D eigenvalue weighted by Crippen LogP contribution is 2.46. The maximum absolute atomic E-state index is 10.8. The zero-order chi connectivity index (χ0) is 73.2. The Kier molecular flexibility index (Phi) is 27.5. The van der Waals surface area contributed by atoms with Crippen LogP contribution in [0.2, 0.25) is 5.02 Å². The second-order valence-electron chi connectivity index (χ2n) is 26.0. The van der Waals surface area contributed by atoms with Crippen molar-refractivity contribution in [3.8, 4) is 79.8 Å². The molecule has 100 heavy (non-hydrogen) atoms. The third kappa shape index (κ3) is 18.2. The minimum Gasteiger partial charge on any atom is -0.496 e. The van der Waals surface area contributed by atoms with E-state index in [0.717, 1.165) is 72.5 Å². The van der Waals surface area contributed by atoms with E-state index in [1.54, 1.807) is 19.2 Å². The third-order valence-electron chi connectivity index (χ3n) is 18.8. The van der Waals surface area contributed by atoms with Gasteiger partial charge in [0.15, 0.2) is 5.69 Å². The van der Waals surface area contributed by atoms with E-state index in [9.17, 15) is 40.8 Å². The Bertz CT molecular complexity index is 4330. The average molecular weight is 1350 g/mol. The van der Waals surface area contributed by atoms with Crippen molar-refractivity contribution in [2.75, 3.05) is 7.11 Å². The van der Waals surface area contributed by atoms with Crippen LogP contribution < -0.4 is 4.74 Å². The molecule has 0 spiro atoms. The normalized spacial score (nSPS) is 19.4. The van der Waals surface area contributed by atoms with Gasteiger partial charge in [-0.3, -0.25) is 10.1 Å². The van der Waals surface area contributed by atoms with Crippen LogP contribution >= 0.6 is 11.6 Å². The lowest BCUT2D eigenvalue weighted by Gasteiger charge is -2.19. The summed E-state index contributed by atoms with van der Waals surface area (Å²) in [5.41, 5.74) is 22.8. The molecule has 0 saturated heterocycles. The minimum atomic E-state index is -0.700. The van der Waals surface area contributed by atoms with E-state index in [1.807, 2.05) is 88.4 Å². The highest BCUT2D eigenvalue weighted by atomic mass is 35.5. The summed E-state index contributed by atoms with van der Waals surface area (Å²) in [4.78, 5) is 13.8. The number of hydrogen-bond acceptors (Lipinski definition) is 9. The Morgan fingerprint density at radius 3 is 1.10 bits per heavy atom. The molecule has 6 aliphatic carbocycles. The van der Waals surface area contributed by atoms with E-state index in [4.69, 9.17) is 61.5 Å². The Hall–Kier alpha value is -10.1. The molecule has 0 fully saturated rings. The fraction of sp³-hybridized carbons (Fsp3) is 0.307. The first kappa shape index (κ1) is 77.2. The Morgan fingerprint density at radius 2 is 0.750 bits per heavy atom. The largest absolute Gasteiger partial charge is 0.496 e. The molecule has 6 N–H and O–H groups in total. The highest BCUT2D eigenvalue weighted by Gasteiger charge is 2.35. The van der Waals surface area contributed by atoms with Crippen molar-refractivity contribution in [1.82, 2.24) is 0 Å². The molecular formula is C88H87ClN2O9. The first-order chi connectivity index (χ1) is 47.8. The van der Waals surface area contributed by atoms with Gasteiger partial charge in [0.2, 0.25) is 0 Å². The number of terminal acetylenes is 6. The Balaban J connectivity index is 0.000000169. The lowest BCUT2D eigenvalue weighted by molar-refractivity contribution is -0.384. The number of nitro groups is 1. The van der Waals surface area contributed by atoms with Gasteiger partial charge in [-0.25, -0.2) is 4.85 Å². The molecule has 6 aromatic rings. The number of nitro benzene ring substituents is 1. The second-order valence-corrected chi connectivity index (χ2v) is 26.5. The fourth-order valence-corrected chi connectivity index (χ4v) is 14.6. The monoisotopic (exact) mass is 1350 g/mol. The van der Waals surface area contributed by atoms with E-state index in [2.05, 4.69) is 129 Å². The molecule has 510 valence electrons. The maximum atomic E-state index is 10.8. The molecule has 12 unspecified atom stereocenters. The zero-order valence-electron chi connectivity index (χ0n) is 58.2. The number of aliphatic hydroxyl groups excluding tert-OH is 6. The van der Waals surface area contributed by atoms with Crippen molar-refractivity contribution in [1.29, 1.82) is 0 Å². The van der Waals surface area contributed by atoms with Crippen LogP contribution in [0, 0.1) is 105 Å². The molecule has 0 aliphatic heterocycles. The van der Waals surface area contributed by atoms with Gasteiger partial charge in [-0.15, -0.1) is 74.1 Å². The number of rotatable bonds is 14. The molecule has 12 rings (SSSR count). The van der Waals surface area contributed by atoms with Crippen LogP contribution in [-0.2, 0) is 0 Å². The fourth-order valence-electron chi connectivity index (χ4n) is 14.4. The van der Waals surface area contributed by atoms with Gasteiger partial charge in [-0.2, -0.15) is 0 Å². The van der Waals surface area contributed by atoms with Crippen molar-refractivity contribution in [3.05, 3.63) is 247 Å². The number of benzene rings is 6. The third-order valence-corrected chi connectivity index (χ3v) is 19.1. The minimum absolute atomic E-state index is 0.00356. The molecule has 12 atom stereocenters. The van der Waals surface area contributed by atoms with Crippen LogP contribution in [-0.4, -0.2) is 79.3 Å². The van der Waals surface area contributed by atoms with Gasteiger partial charge < -0.3 is 35.4 Å². The van der Waals surface area contributed by atoms with Crippen molar-refractivity contribution in [3.63, 3.8) is 0 Å². The predicted molar refractivity (Wildman–Crippen MR) is 408 cm³/mol. The van der Waals surface area contributed by atoms with Crippen LogP contribution in [0.15, 0.2) is 143 Å². The van der Waals surface area contributed by atoms with Gasteiger partial charge in [-0.1, -0.05) is 165 Å². The molecule has 6 aliphatic rings. The Morgan fingerprint density at radius 1 is 0.440 bits per heavy atom. The van der Waals surface area contributed by atoms with Crippen molar-refractivity contribution < 1.29 is 40.3 Å². The average Bonchev–Trinajstić information content (AvgIpc) is 1.71. The van der Waals surface area contributed by atoms with E-state index in [-0.39, 0.29) is 47.6 Å². The van der Waals surface area contributed by atoms with Gasteiger partial charge in [0.25, 0.3) is 5.69 Å².